The lowest BCUT2D eigenvalue weighted by molar-refractivity contribution is -0.124. The number of aromatic nitrogens is 2. The lowest BCUT2D eigenvalue weighted by atomic mass is 9.98. The maximum Gasteiger partial charge on any atom is 0.330 e. The number of rotatable bonds is 3. The zero-order valence-electron chi connectivity index (χ0n) is 11.4. The van der Waals surface area contributed by atoms with Gasteiger partial charge in [0.05, 0.1) is 12.7 Å². The number of H-pyrrole nitrogens is 1. The standard InChI is InChI=1S/C11H15N5O5/c1-5-3-16(10(20)13-8(5)19)9-6(2)7(18)11(4-17,21-9)14-15-12/h3,6-7,9,17-18H,4H2,1-2H3,(H,13,19,20). The van der Waals surface area contributed by atoms with E-state index in [1.54, 1.807) is 6.92 Å². The summed E-state index contributed by atoms with van der Waals surface area (Å²) in [6.07, 6.45) is -0.998. The molecule has 1 aromatic heterocycles. The van der Waals surface area contributed by atoms with Crippen molar-refractivity contribution in [3.05, 3.63) is 43.0 Å². The molecule has 2 heterocycles. The molecule has 1 aliphatic heterocycles. The molecule has 0 aromatic carbocycles. The van der Waals surface area contributed by atoms with Crippen molar-refractivity contribution in [1.82, 2.24) is 9.55 Å². The molecule has 1 saturated heterocycles. The molecule has 0 saturated carbocycles. The molecular formula is C11H15N5O5. The van der Waals surface area contributed by atoms with Crippen molar-refractivity contribution in [2.45, 2.75) is 31.9 Å². The smallest absolute Gasteiger partial charge is 0.330 e. The van der Waals surface area contributed by atoms with E-state index in [2.05, 4.69) is 15.0 Å². The Bertz CT molecular complexity index is 706. The number of nitrogens with zero attached hydrogens (tertiary/aromatic N) is 4. The lowest BCUT2D eigenvalue weighted by Gasteiger charge is -2.24. The van der Waals surface area contributed by atoms with Gasteiger partial charge >= 0.3 is 5.69 Å². The highest BCUT2D eigenvalue weighted by atomic mass is 16.6. The van der Waals surface area contributed by atoms with Crippen molar-refractivity contribution in [3.8, 4) is 0 Å². The van der Waals surface area contributed by atoms with Crippen molar-refractivity contribution < 1.29 is 14.9 Å². The third-order valence-corrected chi connectivity index (χ3v) is 3.60. The van der Waals surface area contributed by atoms with Gasteiger partial charge in [0.15, 0.2) is 5.72 Å². The molecule has 1 aromatic rings. The molecule has 4 unspecified atom stereocenters. The highest BCUT2D eigenvalue weighted by Crippen LogP contribution is 2.41. The normalized spacial score (nSPS) is 31.9. The summed E-state index contributed by atoms with van der Waals surface area (Å²) in [6, 6.07) is 0. The van der Waals surface area contributed by atoms with E-state index in [4.69, 9.17) is 10.3 Å². The number of aryl methyl sites for hydroxylation is 1. The monoisotopic (exact) mass is 297 g/mol. The number of ether oxygens (including phenoxy) is 1. The number of aromatic amines is 1. The van der Waals surface area contributed by atoms with Crippen molar-refractivity contribution in [1.29, 1.82) is 0 Å². The first kappa shape index (κ1) is 15.3. The predicted molar refractivity (Wildman–Crippen MR) is 70.3 cm³/mol. The Kier molecular flexibility index (Phi) is 3.88. The average molecular weight is 297 g/mol. The van der Waals surface area contributed by atoms with Gasteiger partial charge in [-0.2, -0.15) is 0 Å². The fraction of sp³-hybridized carbons (Fsp3) is 0.636. The fourth-order valence-corrected chi connectivity index (χ4v) is 2.36. The van der Waals surface area contributed by atoms with Crippen molar-refractivity contribution in [2.24, 2.45) is 11.0 Å². The Morgan fingerprint density at radius 1 is 1.62 bits per heavy atom. The third-order valence-electron chi connectivity index (χ3n) is 3.60. The molecule has 10 heteroatoms. The van der Waals surface area contributed by atoms with Gasteiger partial charge in [0, 0.05) is 22.6 Å². The van der Waals surface area contributed by atoms with Gasteiger partial charge in [0.1, 0.15) is 6.23 Å². The van der Waals surface area contributed by atoms with Crippen LogP contribution in [0.1, 0.15) is 18.7 Å². The molecular weight excluding hydrogens is 282 g/mol. The van der Waals surface area contributed by atoms with Crippen LogP contribution in [0.2, 0.25) is 0 Å². The van der Waals surface area contributed by atoms with Gasteiger partial charge in [-0.3, -0.25) is 14.3 Å². The van der Waals surface area contributed by atoms with E-state index in [-0.39, 0.29) is 5.56 Å². The van der Waals surface area contributed by atoms with E-state index in [1.807, 2.05) is 0 Å². The van der Waals surface area contributed by atoms with Crippen LogP contribution in [0.4, 0.5) is 0 Å². The number of hydrogen-bond acceptors (Lipinski definition) is 6. The maximum absolute atomic E-state index is 11.9. The largest absolute Gasteiger partial charge is 0.393 e. The van der Waals surface area contributed by atoms with Crippen LogP contribution in [0.25, 0.3) is 10.4 Å². The van der Waals surface area contributed by atoms with Crippen molar-refractivity contribution >= 4 is 0 Å². The van der Waals surface area contributed by atoms with Crippen LogP contribution in [0.3, 0.4) is 0 Å². The minimum atomic E-state index is -1.86. The molecule has 2 rings (SSSR count). The van der Waals surface area contributed by atoms with Gasteiger partial charge in [0.25, 0.3) is 5.56 Å². The zero-order valence-corrected chi connectivity index (χ0v) is 11.4. The first-order valence-corrected chi connectivity index (χ1v) is 6.21. The molecule has 3 N–H and O–H groups in total. The third kappa shape index (κ3) is 2.34. The summed E-state index contributed by atoms with van der Waals surface area (Å²) in [6.45, 7) is 2.35. The van der Waals surface area contributed by atoms with Crippen LogP contribution < -0.4 is 11.2 Å². The van der Waals surface area contributed by atoms with E-state index in [0.717, 1.165) is 4.57 Å². The highest BCUT2D eigenvalue weighted by molar-refractivity contribution is 5.04. The van der Waals surface area contributed by atoms with E-state index in [1.165, 1.54) is 13.1 Å². The van der Waals surface area contributed by atoms with Gasteiger partial charge in [-0.05, 0) is 12.5 Å². The fourth-order valence-electron chi connectivity index (χ4n) is 2.36. The SMILES string of the molecule is Cc1cn(C2OC(CO)(N=[N+]=[N-])C(O)C2C)c(=O)[nH]c1=O. The van der Waals surface area contributed by atoms with Crippen LogP contribution in [0.15, 0.2) is 20.9 Å². The predicted octanol–water partition coefficient (Wildman–Crippen LogP) is -0.630. The average Bonchev–Trinajstić information content (AvgIpc) is 2.69. The topological polar surface area (TPSA) is 153 Å². The Morgan fingerprint density at radius 3 is 2.86 bits per heavy atom. The summed E-state index contributed by atoms with van der Waals surface area (Å²) in [5.41, 5.74) is 5.74. The van der Waals surface area contributed by atoms with E-state index >= 15 is 0 Å². The van der Waals surface area contributed by atoms with Crippen molar-refractivity contribution in [3.63, 3.8) is 0 Å². The zero-order chi connectivity index (χ0) is 15.8. The number of aliphatic hydroxyl groups excluding tert-OH is 2. The Labute approximate surface area is 118 Å². The first-order chi connectivity index (χ1) is 9.86. The number of nitrogens with one attached hydrogen (secondary N) is 1. The Hall–Kier alpha value is -2.13. The first-order valence-electron chi connectivity index (χ1n) is 6.21. The molecule has 4 atom stereocenters. The molecule has 0 bridgehead atoms. The maximum atomic E-state index is 11.9. The minimum absolute atomic E-state index is 0.283. The summed E-state index contributed by atoms with van der Waals surface area (Å²) >= 11 is 0. The van der Waals surface area contributed by atoms with Crippen LogP contribution in [0.5, 0.6) is 0 Å². The van der Waals surface area contributed by atoms with Gasteiger partial charge < -0.3 is 14.9 Å². The quantitative estimate of drug-likeness (QED) is 0.385. The summed E-state index contributed by atoms with van der Waals surface area (Å²) in [7, 11) is 0. The van der Waals surface area contributed by atoms with Crippen LogP contribution >= 0.6 is 0 Å². The van der Waals surface area contributed by atoms with Gasteiger partial charge in [-0.15, -0.1) is 0 Å². The molecule has 1 fully saturated rings. The summed E-state index contributed by atoms with van der Waals surface area (Å²) < 4.78 is 6.54. The van der Waals surface area contributed by atoms with Crippen LogP contribution in [-0.2, 0) is 4.74 Å². The minimum Gasteiger partial charge on any atom is -0.393 e. The number of hydrogen-bond donors (Lipinski definition) is 3. The second-order valence-corrected chi connectivity index (χ2v) is 4.98. The molecule has 0 spiro atoms. The van der Waals surface area contributed by atoms with Gasteiger partial charge in [-0.25, -0.2) is 4.79 Å². The summed E-state index contributed by atoms with van der Waals surface area (Å²) in [5, 5.41) is 22.8. The summed E-state index contributed by atoms with van der Waals surface area (Å²) in [4.78, 5) is 27.9. The van der Waals surface area contributed by atoms with Gasteiger partial charge in [-0.1, -0.05) is 12.0 Å². The van der Waals surface area contributed by atoms with Crippen LogP contribution in [-0.4, -0.2) is 38.2 Å². The molecule has 21 heavy (non-hydrogen) atoms. The Balaban J connectivity index is 2.52. The summed E-state index contributed by atoms with van der Waals surface area (Å²) in [5.74, 6) is -0.648. The van der Waals surface area contributed by atoms with Crippen molar-refractivity contribution in [2.75, 3.05) is 6.61 Å². The molecule has 0 radical (unpaired) electrons. The molecule has 114 valence electrons. The number of azide groups is 1. The molecule has 0 aliphatic carbocycles. The molecule has 0 amide bonds. The van der Waals surface area contributed by atoms with E-state index in [0.29, 0.717) is 0 Å². The molecule has 10 nitrogen and oxygen atoms in total. The van der Waals surface area contributed by atoms with E-state index < -0.39 is 41.8 Å². The lowest BCUT2D eigenvalue weighted by Crippen LogP contribution is -2.42. The Morgan fingerprint density at radius 2 is 2.29 bits per heavy atom. The highest BCUT2D eigenvalue weighted by Gasteiger charge is 2.53. The second-order valence-electron chi connectivity index (χ2n) is 4.98. The second kappa shape index (κ2) is 5.34. The van der Waals surface area contributed by atoms with E-state index in [9.17, 15) is 19.8 Å². The van der Waals surface area contributed by atoms with Crippen LogP contribution in [0, 0.1) is 12.8 Å². The van der Waals surface area contributed by atoms with Gasteiger partial charge in [0.2, 0.25) is 0 Å². The number of aliphatic hydroxyl groups is 2. The molecule has 1 aliphatic rings.